The summed E-state index contributed by atoms with van der Waals surface area (Å²) < 4.78 is 26.3. The summed E-state index contributed by atoms with van der Waals surface area (Å²) in [6.45, 7) is 5.30. The number of benzene rings is 1. The molecule has 3 N–H and O–H groups in total. The quantitative estimate of drug-likeness (QED) is 0.801. The molecule has 0 aromatic heterocycles. The Bertz CT molecular complexity index is 353. The zero-order chi connectivity index (χ0) is 12.8. The van der Waals surface area contributed by atoms with Crippen LogP contribution in [0.3, 0.4) is 0 Å². The monoisotopic (exact) mass is 242 g/mol. The fourth-order valence-electron chi connectivity index (χ4n) is 1.72. The number of hydrogen-bond acceptors (Lipinski definition) is 2. The first-order valence-electron chi connectivity index (χ1n) is 5.92. The lowest BCUT2D eigenvalue weighted by atomic mass is 10.0. The molecular formula is C13H20F2N2. The topological polar surface area (TPSA) is 38.0 Å². The molecule has 0 fully saturated rings. The summed E-state index contributed by atoms with van der Waals surface area (Å²) >= 11 is 0. The molecule has 2 nitrogen and oxygen atoms in total. The van der Waals surface area contributed by atoms with Gasteiger partial charge in [-0.25, -0.2) is 8.78 Å². The zero-order valence-electron chi connectivity index (χ0n) is 10.3. The fourth-order valence-corrected chi connectivity index (χ4v) is 1.72. The number of nitrogens with two attached hydrogens (primary N) is 1. The third-order valence-corrected chi connectivity index (χ3v) is 2.89. The van der Waals surface area contributed by atoms with Crippen molar-refractivity contribution in [2.45, 2.75) is 26.3 Å². The molecule has 0 aliphatic carbocycles. The van der Waals surface area contributed by atoms with Crippen LogP contribution in [0.25, 0.3) is 0 Å². The summed E-state index contributed by atoms with van der Waals surface area (Å²) in [5.74, 6) is -1.11. The van der Waals surface area contributed by atoms with Gasteiger partial charge in [-0.15, -0.1) is 0 Å². The Morgan fingerprint density at radius 1 is 1.29 bits per heavy atom. The summed E-state index contributed by atoms with van der Waals surface area (Å²) in [6.07, 6.45) is 0.465. The van der Waals surface area contributed by atoms with Crippen LogP contribution in [0.2, 0.25) is 0 Å². The van der Waals surface area contributed by atoms with Crippen molar-refractivity contribution < 1.29 is 8.78 Å². The van der Waals surface area contributed by atoms with Crippen LogP contribution in [0.1, 0.15) is 19.4 Å². The predicted octanol–water partition coefficient (Wildman–Crippen LogP) is 2.08. The molecule has 0 saturated carbocycles. The molecule has 1 atom stereocenters. The van der Waals surface area contributed by atoms with E-state index in [9.17, 15) is 8.78 Å². The summed E-state index contributed by atoms with van der Waals surface area (Å²) in [5, 5.41) is 3.25. The lowest BCUT2D eigenvalue weighted by Gasteiger charge is -2.20. The lowest BCUT2D eigenvalue weighted by Crippen LogP contribution is -2.41. The van der Waals surface area contributed by atoms with Gasteiger partial charge in [0.05, 0.1) is 0 Å². The molecule has 0 spiro atoms. The zero-order valence-corrected chi connectivity index (χ0v) is 10.3. The van der Waals surface area contributed by atoms with E-state index in [0.29, 0.717) is 31.0 Å². The van der Waals surface area contributed by atoms with Gasteiger partial charge in [-0.05, 0) is 30.5 Å². The number of halogens is 2. The van der Waals surface area contributed by atoms with Crippen LogP contribution in [0.5, 0.6) is 0 Å². The number of rotatable bonds is 6. The molecule has 0 radical (unpaired) electrons. The second-order valence-corrected chi connectivity index (χ2v) is 4.50. The van der Waals surface area contributed by atoms with Crippen molar-refractivity contribution in [2.75, 3.05) is 13.1 Å². The first-order valence-corrected chi connectivity index (χ1v) is 5.92. The van der Waals surface area contributed by atoms with Crippen molar-refractivity contribution >= 4 is 0 Å². The average Bonchev–Trinajstić information content (AvgIpc) is 2.29. The van der Waals surface area contributed by atoms with E-state index in [1.165, 1.54) is 6.07 Å². The van der Waals surface area contributed by atoms with E-state index < -0.39 is 11.6 Å². The minimum absolute atomic E-state index is 0.214. The summed E-state index contributed by atoms with van der Waals surface area (Å²) in [5.41, 5.74) is 6.01. The van der Waals surface area contributed by atoms with E-state index in [0.717, 1.165) is 6.07 Å². The van der Waals surface area contributed by atoms with E-state index in [1.54, 1.807) is 6.07 Å². The molecule has 0 heterocycles. The molecule has 96 valence electrons. The van der Waals surface area contributed by atoms with Crippen molar-refractivity contribution in [1.82, 2.24) is 5.32 Å². The predicted molar refractivity (Wildman–Crippen MR) is 65.7 cm³/mol. The van der Waals surface area contributed by atoms with Crippen LogP contribution in [-0.2, 0) is 6.42 Å². The Kier molecular flexibility index (Phi) is 5.51. The Morgan fingerprint density at radius 2 is 2.00 bits per heavy atom. The van der Waals surface area contributed by atoms with E-state index >= 15 is 0 Å². The molecular weight excluding hydrogens is 222 g/mol. The van der Waals surface area contributed by atoms with Crippen LogP contribution < -0.4 is 11.1 Å². The second-order valence-electron chi connectivity index (χ2n) is 4.50. The van der Waals surface area contributed by atoms with Gasteiger partial charge in [-0.2, -0.15) is 0 Å². The van der Waals surface area contributed by atoms with E-state index in [4.69, 9.17) is 5.73 Å². The first-order chi connectivity index (χ1) is 8.06. The molecule has 0 aliphatic rings. The normalized spacial score (nSPS) is 13.1. The van der Waals surface area contributed by atoms with Gasteiger partial charge in [0.2, 0.25) is 0 Å². The molecule has 1 aromatic rings. The van der Waals surface area contributed by atoms with E-state index in [-0.39, 0.29) is 6.04 Å². The molecule has 1 rings (SSSR count). The molecule has 0 amide bonds. The van der Waals surface area contributed by atoms with Crippen molar-refractivity contribution in [3.63, 3.8) is 0 Å². The Labute approximate surface area is 101 Å². The van der Waals surface area contributed by atoms with Gasteiger partial charge >= 0.3 is 0 Å². The standard InChI is InChI=1S/C13H20F2N2/c1-9(2)12(8-16)17-7-6-10-4-3-5-11(14)13(10)15/h3-5,9,12,17H,6-8,16H2,1-2H3. The molecule has 0 bridgehead atoms. The van der Waals surface area contributed by atoms with Crippen LogP contribution >= 0.6 is 0 Å². The summed E-state index contributed by atoms with van der Waals surface area (Å²) in [6, 6.07) is 4.47. The van der Waals surface area contributed by atoms with Crippen molar-refractivity contribution in [3.8, 4) is 0 Å². The Balaban J connectivity index is 2.48. The van der Waals surface area contributed by atoms with Gasteiger partial charge in [0.1, 0.15) is 0 Å². The van der Waals surface area contributed by atoms with Gasteiger partial charge in [-0.3, -0.25) is 0 Å². The van der Waals surface area contributed by atoms with Crippen molar-refractivity contribution in [2.24, 2.45) is 11.7 Å². The minimum atomic E-state index is -0.790. The summed E-state index contributed by atoms with van der Waals surface area (Å²) in [7, 11) is 0. The first kappa shape index (κ1) is 14.1. The lowest BCUT2D eigenvalue weighted by molar-refractivity contribution is 0.406. The third-order valence-electron chi connectivity index (χ3n) is 2.89. The van der Waals surface area contributed by atoms with Crippen molar-refractivity contribution in [1.29, 1.82) is 0 Å². The van der Waals surface area contributed by atoms with Gasteiger partial charge < -0.3 is 11.1 Å². The summed E-state index contributed by atoms with van der Waals surface area (Å²) in [4.78, 5) is 0. The highest BCUT2D eigenvalue weighted by atomic mass is 19.2. The largest absolute Gasteiger partial charge is 0.329 e. The molecule has 1 aromatic carbocycles. The van der Waals surface area contributed by atoms with Crippen LogP contribution in [0.15, 0.2) is 18.2 Å². The van der Waals surface area contributed by atoms with E-state index in [2.05, 4.69) is 19.2 Å². The van der Waals surface area contributed by atoms with Gasteiger partial charge in [0.15, 0.2) is 11.6 Å². The van der Waals surface area contributed by atoms with Crippen LogP contribution in [-0.4, -0.2) is 19.1 Å². The maximum Gasteiger partial charge on any atom is 0.162 e. The second kappa shape index (κ2) is 6.67. The maximum absolute atomic E-state index is 13.3. The SMILES string of the molecule is CC(C)C(CN)NCCc1cccc(F)c1F. The van der Waals surface area contributed by atoms with Crippen LogP contribution in [0.4, 0.5) is 8.78 Å². The number of nitrogens with one attached hydrogen (secondary N) is 1. The highest BCUT2D eigenvalue weighted by molar-refractivity contribution is 5.19. The van der Waals surface area contributed by atoms with Gasteiger partial charge in [0.25, 0.3) is 0 Å². The maximum atomic E-state index is 13.3. The third kappa shape index (κ3) is 4.06. The fraction of sp³-hybridized carbons (Fsp3) is 0.538. The Morgan fingerprint density at radius 3 is 2.59 bits per heavy atom. The van der Waals surface area contributed by atoms with E-state index in [1.807, 2.05) is 0 Å². The molecule has 17 heavy (non-hydrogen) atoms. The van der Waals surface area contributed by atoms with Gasteiger partial charge in [0, 0.05) is 12.6 Å². The van der Waals surface area contributed by atoms with Crippen molar-refractivity contribution in [3.05, 3.63) is 35.4 Å². The highest BCUT2D eigenvalue weighted by Gasteiger charge is 2.11. The smallest absolute Gasteiger partial charge is 0.162 e. The Hall–Kier alpha value is -1.00. The molecule has 0 aliphatic heterocycles. The highest BCUT2D eigenvalue weighted by Crippen LogP contribution is 2.11. The van der Waals surface area contributed by atoms with Crippen LogP contribution in [0, 0.1) is 17.6 Å². The average molecular weight is 242 g/mol. The number of hydrogen-bond donors (Lipinski definition) is 2. The molecule has 4 heteroatoms. The van der Waals surface area contributed by atoms with Gasteiger partial charge in [-0.1, -0.05) is 26.0 Å². The molecule has 0 saturated heterocycles. The minimum Gasteiger partial charge on any atom is -0.329 e. The molecule has 1 unspecified atom stereocenters.